The molecule has 0 aliphatic heterocycles. The number of nitrogens with two attached hydrogens (primary N) is 1. The van der Waals surface area contributed by atoms with Crippen molar-refractivity contribution in [2.75, 3.05) is 6.54 Å². The van der Waals surface area contributed by atoms with Gasteiger partial charge in [-0.25, -0.2) is 4.79 Å². The fraction of sp³-hybridized carbons (Fsp3) is 0.462. The number of carbonyl (C=O) groups excluding carboxylic acids is 1. The highest BCUT2D eigenvalue weighted by Crippen LogP contribution is 2.18. The molecule has 18 heavy (non-hydrogen) atoms. The van der Waals surface area contributed by atoms with E-state index < -0.39 is 11.7 Å². The Labute approximate surface area is 116 Å². The van der Waals surface area contributed by atoms with Gasteiger partial charge in [0.05, 0.1) is 6.04 Å². The number of nitrogens with one attached hydrogen (secondary N) is 1. The lowest BCUT2D eigenvalue weighted by molar-refractivity contribution is 0.0505. The number of ether oxygens (including phenoxy) is 1. The highest BCUT2D eigenvalue weighted by Gasteiger charge is 2.19. The van der Waals surface area contributed by atoms with E-state index in [0.29, 0.717) is 6.54 Å². The van der Waals surface area contributed by atoms with Crippen LogP contribution >= 0.6 is 15.9 Å². The highest BCUT2D eigenvalue weighted by atomic mass is 79.9. The smallest absolute Gasteiger partial charge is 0.408 e. The number of hydrogen-bond acceptors (Lipinski definition) is 3. The molecule has 0 spiro atoms. The molecule has 1 aromatic carbocycles. The van der Waals surface area contributed by atoms with Crippen LogP contribution in [0.15, 0.2) is 28.7 Å². The fourth-order valence-corrected chi connectivity index (χ4v) is 1.87. The summed E-state index contributed by atoms with van der Waals surface area (Å²) in [5, 5.41) is 2.76. The number of carbonyl (C=O) groups is 1. The normalized spacial score (nSPS) is 12.9. The summed E-state index contributed by atoms with van der Waals surface area (Å²) in [6.45, 7) is 5.78. The second-order valence-corrected chi connectivity index (χ2v) is 5.91. The topological polar surface area (TPSA) is 64.3 Å². The number of alkyl carbamates (subject to hydrolysis) is 1. The lowest BCUT2D eigenvalue weighted by Crippen LogP contribution is -2.37. The van der Waals surface area contributed by atoms with Crippen molar-refractivity contribution in [3.8, 4) is 0 Å². The summed E-state index contributed by atoms with van der Waals surface area (Å²) in [6.07, 6.45) is -0.460. The van der Waals surface area contributed by atoms with Crippen LogP contribution in [0.4, 0.5) is 4.79 Å². The Morgan fingerprint density at radius 2 is 2.17 bits per heavy atom. The van der Waals surface area contributed by atoms with Gasteiger partial charge in [-0.2, -0.15) is 0 Å². The predicted molar refractivity (Wildman–Crippen MR) is 75.3 cm³/mol. The van der Waals surface area contributed by atoms with Gasteiger partial charge in [-0.15, -0.1) is 0 Å². The molecule has 1 rings (SSSR count). The molecule has 4 nitrogen and oxygen atoms in total. The van der Waals surface area contributed by atoms with E-state index in [2.05, 4.69) is 21.2 Å². The van der Waals surface area contributed by atoms with Crippen molar-refractivity contribution in [3.63, 3.8) is 0 Å². The van der Waals surface area contributed by atoms with Crippen molar-refractivity contribution in [3.05, 3.63) is 34.3 Å². The van der Waals surface area contributed by atoms with E-state index in [1.807, 2.05) is 45.0 Å². The summed E-state index contributed by atoms with van der Waals surface area (Å²) in [6, 6.07) is 7.41. The molecule has 1 amide bonds. The van der Waals surface area contributed by atoms with Crippen LogP contribution in [-0.2, 0) is 4.74 Å². The van der Waals surface area contributed by atoms with Crippen LogP contribution in [0.5, 0.6) is 0 Å². The Kier molecular flexibility index (Phi) is 5.16. The Balaban J connectivity index is 2.71. The quantitative estimate of drug-likeness (QED) is 0.901. The minimum absolute atomic E-state index is 0.252. The molecule has 3 N–H and O–H groups in total. The molecule has 1 unspecified atom stereocenters. The van der Waals surface area contributed by atoms with E-state index in [9.17, 15) is 4.79 Å². The van der Waals surface area contributed by atoms with Crippen LogP contribution in [0.3, 0.4) is 0 Å². The van der Waals surface area contributed by atoms with Crippen molar-refractivity contribution in [1.82, 2.24) is 5.32 Å². The first-order valence-electron chi connectivity index (χ1n) is 5.77. The number of rotatable bonds is 3. The summed E-state index contributed by atoms with van der Waals surface area (Å²) in [5.41, 5.74) is 6.11. The van der Waals surface area contributed by atoms with Crippen molar-refractivity contribution >= 4 is 22.0 Å². The molecule has 0 aliphatic rings. The molecule has 5 heteroatoms. The zero-order valence-electron chi connectivity index (χ0n) is 10.9. The lowest BCUT2D eigenvalue weighted by atomic mass is 10.1. The molecular weight excluding hydrogens is 296 g/mol. The van der Waals surface area contributed by atoms with Gasteiger partial charge in [0, 0.05) is 11.0 Å². The predicted octanol–water partition coefficient (Wildman–Crippen LogP) is 2.97. The maximum absolute atomic E-state index is 11.7. The average molecular weight is 315 g/mol. The van der Waals surface area contributed by atoms with E-state index in [1.54, 1.807) is 0 Å². The first kappa shape index (κ1) is 15.0. The van der Waals surface area contributed by atoms with E-state index in [0.717, 1.165) is 10.0 Å². The molecular formula is C13H19BrN2O2. The number of halogens is 1. The Hall–Kier alpha value is -1.07. The Morgan fingerprint density at radius 3 is 2.67 bits per heavy atom. The van der Waals surface area contributed by atoms with Crippen LogP contribution in [0.2, 0.25) is 0 Å². The summed E-state index contributed by atoms with van der Waals surface area (Å²) < 4.78 is 6.15. The standard InChI is InChI=1S/C13H19BrN2O2/c1-13(2,3)18-12(17)16-11(8-15)9-5-4-6-10(14)7-9/h4-7,11H,8,15H2,1-3H3,(H,16,17). The average Bonchev–Trinajstić information content (AvgIpc) is 2.23. The maximum atomic E-state index is 11.7. The lowest BCUT2D eigenvalue weighted by Gasteiger charge is -2.23. The van der Waals surface area contributed by atoms with Crippen LogP contribution in [0.25, 0.3) is 0 Å². The second kappa shape index (κ2) is 6.20. The molecule has 100 valence electrons. The van der Waals surface area contributed by atoms with Crippen LogP contribution in [0, 0.1) is 0 Å². The summed E-state index contributed by atoms with van der Waals surface area (Å²) in [5.74, 6) is 0. The van der Waals surface area contributed by atoms with Gasteiger partial charge >= 0.3 is 6.09 Å². The molecule has 0 saturated heterocycles. The second-order valence-electron chi connectivity index (χ2n) is 4.99. The fourth-order valence-electron chi connectivity index (χ4n) is 1.45. The van der Waals surface area contributed by atoms with Gasteiger partial charge in [0.1, 0.15) is 5.60 Å². The largest absolute Gasteiger partial charge is 0.444 e. The van der Waals surface area contributed by atoms with Crippen molar-refractivity contribution in [2.45, 2.75) is 32.4 Å². The zero-order valence-corrected chi connectivity index (χ0v) is 12.5. The molecule has 1 aromatic rings. The summed E-state index contributed by atoms with van der Waals surface area (Å²) >= 11 is 3.39. The summed E-state index contributed by atoms with van der Waals surface area (Å²) in [4.78, 5) is 11.7. The van der Waals surface area contributed by atoms with E-state index in [-0.39, 0.29) is 6.04 Å². The molecule has 0 fully saturated rings. The SMILES string of the molecule is CC(C)(C)OC(=O)NC(CN)c1cccc(Br)c1. The van der Waals surface area contributed by atoms with Gasteiger partial charge in [0.2, 0.25) is 0 Å². The van der Waals surface area contributed by atoms with Crippen molar-refractivity contribution in [2.24, 2.45) is 5.73 Å². The minimum Gasteiger partial charge on any atom is -0.444 e. The monoisotopic (exact) mass is 314 g/mol. The third-order valence-corrected chi connectivity index (χ3v) is 2.67. The summed E-state index contributed by atoms with van der Waals surface area (Å²) in [7, 11) is 0. The first-order valence-corrected chi connectivity index (χ1v) is 6.56. The van der Waals surface area contributed by atoms with Crippen molar-refractivity contribution in [1.29, 1.82) is 0 Å². The zero-order chi connectivity index (χ0) is 13.8. The van der Waals surface area contributed by atoms with Crippen LogP contribution in [0.1, 0.15) is 32.4 Å². The first-order chi connectivity index (χ1) is 8.31. The van der Waals surface area contributed by atoms with E-state index in [1.165, 1.54) is 0 Å². The number of hydrogen-bond donors (Lipinski definition) is 2. The van der Waals surface area contributed by atoms with Crippen molar-refractivity contribution < 1.29 is 9.53 Å². The van der Waals surface area contributed by atoms with Gasteiger partial charge in [-0.3, -0.25) is 0 Å². The van der Waals surface area contributed by atoms with Gasteiger partial charge in [0.25, 0.3) is 0 Å². The number of amides is 1. The van der Waals surface area contributed by atoms with Gasteiger partial charge in [0.15, 0.2) is 0 Å². The van der Waals surface area contributed by atoms with E-state index >= 15 is 0 Å². The molecule has 0 bridgehead atoms. The molecule has 0 aliphatic carbocycles. The van der Waals surface area contributed by atoms with Crippen LogP contribution < -0.4 is 11.1 Å². The molecule has 0 radical (unpaired) electrons. The highest BCUT2D eigenvalue weighted by molar-refractivity contribution is 9.10. The number of benzene rings is 1. The third-order valence-electron chi connectivity index (χ3n) is 2.18. The van der Waals surface area contributed by atoms with Crippen LogP contribution in [-0.4, -0.2) is 18.2 Å². The third kappa shape index (κ3) is 5.06. The molecule has 1 atom stereocenters. The van der Waals surface area contributed by atoms with Gasteiger partial charge < -0.3 is 15.8 Å². The molecule has 0 heterocycles. The molecule has 0 aromatic heterocycles. The van der Waals surface area contributed by atoms with Gasteiger partial charge in [-0.05, 0) is 38.5 Å². The van der Waals surface area contributed by atoms with Gasteiger partial charge in [-0.1, -0.05) is 28.1 Å². The van der Waals surface area contributed by atoms with E-state index in [4.69, 9.17) is 10.5 Å². The molecule has 0 saturated carbocycles. The Bertz CT molecular complexity index is 416. The maximum Gasteiger partial charge on any atom is 0.408 e. The minimum atomic E-state index is -0.513. The Morgan fingerprint density at radius 1 is 1.50 bits per heavy atom.